The topological polar surface area (TPSA) is 103 Å². The average Bonchev–Trinajstić information content (AvgIpc) is 3.20. The highest BCUT2D eigenvalue weighted by molar-refractivity contribution is 5.92. The number of ether oxygens (including phenoxy) is 1. The van der Waals surface area contributed by atoms with E-state index < -0.39 is 35.7 Å². The second-order valence-corrected chi connectivity index (χ2v) is 8.94. The predicted molar refractivity (Wildman–Crippen MR) is 123 cm³/mol. The highest BCUT2D eigenvalue weighted by atomic mass is 19.1. The Kier molecular flexibility index (Phi) is 7.87. The molecule has 0 unspecified atom stereocenters. The largest absolute Gasteiger partial charge is 0.453 e. The molecule has 3 atom stereocenters. The number of benzene rings is 2. The van der Waals surface area contributed by atoms with E-state index in [0.717, 1.165) is 10.9 Å². The summed E-state index contributed by atoms with van der Waals surface area (Å²) in [6.45, 7) is 2.85. The Morgan fingerprint density at radius 1 is 1.12 bits per heavy atom. The van der Waals surface area contributed by atoms with Gasteiger partial charge in [-0.2, -0.15) is 0 Å². The van der Waals surface area contributed by atoms with Gasteiger partial charge in [-0.3, -0.25) is 4.79 Å². The third-order valence-electron chi connectivity index (χ3n) is 5.61. The van der Waals surface area contributed by atoms with Crippen molar-refractivity contribution in [2.24, 2.45) is 11.7 Å². The van der Waals surface area contributed by atoms with E-state index in [1.165, 1.54) is 13.8 Å². The third-order valence-corrected chi connectivity index (χ3v) is 5.61. The molecule has 7 heteroatoms. The van der Waals surface area contributed by atoms with Crippen LogP contribution in [0.25, 0.3) is 11.0 Å². The molecule has 176 valence electrons. The number of rotatable bonds is 11. The van der Waals surface area contributed by atoms with Gasteiger partial charge in [-0.1, -0.05) is 48.5 Å². The van der Waals surface area contributed by atoms with Crippen LogP contribution in [-0.2, 0) is 16.0 Å². The number of aliphatic hydroxyl groups is 1. The summed E-state index contributed by atoms with van der Waals surface area (Å²) < 4.78 is 25.2. The van der Waals surface area contributed by atoms with Crippen LogP contribution in [0.2, 0.25) is 0 Å². The van der Waals surface area contributed by atoms with Gasteiger partial charge in [0.15, 0.2) is 0 Å². The van der Waals surface area contributed by atoms with Crippen LogP contribution in [0.5, 0.6) is 0 Å². The van der Waals surface area contributed by atoms with Crippen molar-refractivity contribution in [1.29, 1.82) is 0 Å². The van der Waals surface area contributed by atoms with Crippen LogP contribution in [0.15, 0.2) is 65.1 Å². The van der Waals surface area contributed by atoms with E-state index in [1.54, 1.807) is 18.2 Å². The van der Waals surface area contributed by atoms with Gasteiger partial charge in [-0.25, -0.2) is 9.18 Å². The Morgan fingerprint density at radius 2 is 1.79 bits per heavy atom. The zero-order valence-electron chi connectivity index (χ0n) is 18.9. The first kappa shape index (κ1) is 24.5. The van der Waals surface area contributed by atoms with Gasteiger partial charge in [0, 0.05) is 17.7 Å². The number of primary amides is 1. The van der Waals surface area contributed by atoms with Gasteiger partial charge in [-0.15, -0.1) is 0 Å². The number of hydrogen-bond donors (Lipinski definition) is 2. The first-order chi connectivity index (χ1) is 15.6. The number of alkyl halides is 1. The summed E-state index contributed by atoms with van der Waals surface area (Å²) in [5.41, 5.74) is 5.44. The summed E-state index contributed by atoms with van der Waals surface area (Å²) in [4.78, 5) is 24.8. The van der Waals surface area contributed by atoms with Crippen molar-refractivity contribution in [2.75, 3.05) is 0 Å². The highest BCUT2D eigenvalue weighted by Crippen LogP contribution is 2.26. The molecule has 1 heterocycles. The molecule has 0 aliphatic carbocycles. The van der Waals surface area contributed by atoms with E-state index in [2.05, 4.69) is 0 Å². The number of nitrogens with two attached hydrogens (primary N) is 1. The van der Waals surface area contributed by atoms with Crippen molar-refractivity contribution in [1.82, 2.24) is 0 Å². The molecule has 6 nitrogen and oxygen atoms in total. The standard InChI is InChI=1S/C26H30FNO5/c1-26(2,27)13-12-19(24(28)30)15-20(29)22(14-17-8-4-3-5-9-17)33-25(31)23-16-18-10-6-7-11-21(18)32-23/h3-11,16,19-20,22,29H,12-15H2,1-2H3,(H2,28,30)/t19-,20+,22+/m1/s1. The van der Waals surface area contributed by atoms with E-state index in [0.29, 0.717) is 5.58 Å². The van der Waals surface area contributed by atoms with Gasteiger partial charge in [0.2, 0.25) is 11.7 Å². The Hall–Kier alpha value is -3.19. The van der Waals surface area contributed by atoms with E-state index in [-0.39, 0.29) is 31.4 Å². The van der Waals surface area contributed by atoms with Gasteiger partial charge >= 0.3 is 5.97 Å². The zero-order chi connectivity index (χ0) is 24.0. The molecule has 0 saturated carbocycles. The molecule has 0 bridgehead atoms. The van der Waals surface area contributed by atoms with Gasteiger partial charge in [-0.05, 0) is 50.8 Å². The van der Waals surface area contributed by atoms with Crippen LogP contribution in [0.3, 0.4) is 0 Å². The van der Waals surface area contributed by atoms with E-state index in [9.17, 15) is 19.1 Å². The number of esters is 1. The fraction of sp³-hybridized carbons (Fsp3) is 0.385. The molecule has 0 aliphatic rings. The van der Waals surface area contributed by atoms with Crippen molar-refractivity contribution >= 4 is 22.8 Å². The van der Waals surface area contributed by atoms with Crippen LogP contribution in [0.4, 0.5) is 4.39 Å². The fourth-order valence-corrected chi connectivity index (χ4v) is 3.72. The zero-order valence-corrected chi connectivity index (χ0v) is 18.9. The highest BCUT2D eigenvalue weighted by Gasteiger charge is 2.31. The minimum absolute atomic E-state index is 0.0205. The molecule has 0 aliphatic heterocycles. The van der Waals surface area contributed by atoms with E-state index in [1.807, 2.05) is 42.5 Å². The fourth-order valence-electron chi connectivity index (χ4n) is 3.72. The molecular formula is C26H30FNO5. The first-order valence-corrected chi connectivity index (χ1v) is 11.0. The third kappa shape index (κ3) is 7.15. The number of furan rings is 1. The minimum atomic E-state index is -1.46. The lowest BCUT2D eigenvalue weighted by molar-refractivity contribution is -0.124. The summed E-state index contributed by atoms with van der Waals surface area (Å²) in [5.74, 6) is -2.07. The molecule has 1 amide bonds. The molecule has 2 aromatic carbocycles. The SMILES string of the molecule is CC(C)(F)CC[C@H](C[C@H](O)[C@H](Cc1ccccc1)OC(=O)c1cc2ccccc2o1)C(N)=O. The normalized spacial score (nSPS) is 14.5. The molecule has 0 spiro atoms. The lowest BCUT2D eigenvalue weighted by Gasteiger charge is -2.26. The molecule has 0 saturated heterocycles. The maximum absolute atomic E-state index is 13.9. The number of fused-ring (bicyclic) bond motifs is 1. The Bertz CT molecular complexity index is 1040. The quantitative estimate of drug-likeness (QED) is 0.412. The number of carbonyl (C=O) groups is 2. The Morgan fingerprint density at radius 3 is 2.42 bits per heavy atom. The van der Waals surface area contributed by atoms with Crippen LogP contribution < -0.4 is 5.73 Å². The Labute approximate surface area is 192 Å². The van der Waals surface area contributed by atoms with E-state index in [4.69, 9.17) is 14.9 Å². The summed E-state index contributed by atoms with van der Waals surface area (Å²) in [6, 6.07) is 18.0. The molecular weight excluding hydrogens is 425 g/mol. The van der Waals surface area contributed by atoms with Crippen molar-refractivity contribution in [3.8, 4) is 0 Å². The second-order valence-electron chi connectivity index (χ2n) is 8.94. The maximum atomic E-state index is 13.9. The van der Waals surface area contributed by atoms with Gasteiger partial charge in [0.1, 0.15) is 17.4 Å². The number of para-hydroxylation sites is 1. The Balaban J connectivity index is 1.77. The summed E-state index contributed by atoms with van der Waals surface area (Å²) in [6.07, 6.45) is -1.64. The first-order valence-electron chi connectivity index (χ1n) is 11.0. The molecule has 0 fully saturated rings. The van der Waals surface area contributed by atoms with Crippen molar-refractivity contribution in [2.45, 2.75) is 57.4 Å². The van der Waals surface area contributed by atoms with Gasteiger partial charge < -0.3 is 20.0 Å². The number of halogens is 1. The maximum Gasteiger partial charge on any atom is 0.374 e. The minimum Gasteiger partial charge on any atom is -0.453 e. The second kappa shape index (κ2) is 10.6. The molecule has 0 radical (unpaired) electrons. The molecule has 3 N–H and O–H groups in total. The number of hydrogen-bond acceptors (Lipinski definition) is 5. The van der Waals surface area contributed by atoms with Gasteiger partial charge in [0.05, 0.1) is 6.10 Å². The van der Waals surface area contributed by atoms with Crippen LogP contribution >= 0.6 is 0 Å². The van der Waals surface area contributed by atoms with Crippen LogP contribution in [0, 0.1) is 5.92 Å². The summed E-state index contributed by atoms with van der Waals surface area (Å²) in [5, 5.41) is 11.7. The average molecular weight is 456 g/mol. The smallest absolute Gasteiger partial charge is 0.374 e. The lowest BCUT2D eigenvalue weighted by atomic mass is 9.89. The molecule has 3 aromatic rings. The number of aliphatic hydroxyl groups excluding tert-OH is 1. The number of amides is 1. The van der Waals surface area contributed by atoms with E-state index >= 15 is 0 Å². The number of carbonyl (C=O) groups excluding carboxylic acids is 2. The summed E-state index contributed by atoms with van der Waals surface area (Å²) >= 11 is 0. The van der Waals surface area contributed by atoms with Crippen molar-refractivity contribution < 1.29 is 28.2 Å². The van der Waals surface area contributed by atoms with Crippen molar-refractivity contribution in [3.05, 3.63) is 72.0 Å². The molecule has 33 heavy (non-hydrogen) atoms. The summed E-state index contributed by atoms with van der Waals surface area (Å²) in [7, 11) is 0. The van der Waals surface area contributed by atoms with Crippen LogP contribution in [0.1, 0.15) is 49.2 Å². The lowest BCUT2D eigenvalue weighted by Crippen LogP contribution is -2.37. The molecule has 1 aromatic heterocycles. The van der Waals surface area contributed by atoms with Crippen molar-refractivity contribution in [3.63, 3.8) is 0 Å². The van der Waals surface area contributed by atoms with Crippen LogP contribution in [-0.4, -0.2) is 34.9 Å². The predicted octanol–water partition coefficient (Wildman–Crippen LogP) is 4.58. The van der Waals surface area contributed by atoms with Gasteiger partial charge in [0.25, 0.3) is 0 Å². The monoisotopic (exact) mass is 455 g/mol. The molecule has 3 rings (SSSR count).